The van der Waals surface area contributed by atoms with Crippen LogP contribution in [0.15, 0.2) is 0 Å². The highest BCUT2D eigenvalue weighted by Gasteiger charge is 2.80. The van der Waals surface area contributed by atoms with Crippen LogP contribution < -0.4 is 0 Å². The third kappa shape index (κ3) is 2.72. The second-order valence-corrected chi connectivity index (χ2v) is 12.7. The van der Waals surface area contributed by atoms with Crippen LogP contribution in [0.5, 0.6) is 0 Å². The van der Waals surface area contributed by atoms with Gasteiger partial charge in [0.25, 0.3) is 0 Å². The molecule has 152 valence electrons. The molecule has 0 saturated heterocycles. The average Bonchev–Trinajstić information content (AvgIpc) is 3.11. The highest BCUT2D eigenvalue weighted by molar-refractivity contribution is 7.86. The molecule has 4 aliphatic rings. The highest BCUT2D eigenvalue weighted by atomic mass is 32.1. The number of thiol groups is 3. The maximum Gasteiger partial charge on any atom is 0.125 e. The lowest BCUT2D eigenvalue weighted by molar-refractivity contribution is -0.0514. The molecule has 2 radical (unpaired) electrons. The summed E-state index contributed by atoms with van der Waals surface area (Å²) in [6, 6.07) is 0. The van der Waals surface area contributed by atoms with Gasteiger partial charge in [-0.15, -0.1) is 12.6 Å². The van der Waals surface area contributed by atoms with Gasteiger partial charge < -0.3 is 4.74 Å². The van der Waals surface area contributed by atoms with E-state index in [1.165, 1.54) is 32.1 Å². The third-order valence-corrected chi connectivity index (χ3v) is 12.1. The van der Waals surface area contributed by atoms with E-state index in [-0.39, 0.29) is 15.3 Å². The van der Waals surface area contributed by atoms with Crippen LogP contribution in [0.25, 0.3) is 0 Å². The second kappa shape index (κ2) is 6.79. The molecule has 0 spiro atoms. The lowest BCUT2D eigenvalue weighted by Gasteiger charge is -2.59. The fourth-order valence-electron chi connectivity index (χ4n) is 7.04. The van der Waals surface area contributed by atoms with Crippen LogP contribution in [0.2, 0.25) is 5.31 Å². The molecule has 0 N–H and O–H groups in total. The molecule has 0 aromatic heterocycles. The summed E-state index contributed by atoms with van der Waals surface area (Å²) in [7, 11) is 7.27. The van der Waals surface area contributed by atoms with Crippen molar-refractivity contribution in [2.24, 2.45) is 22.7 Å². The zero-order chi connectivity index (χ0) is 19.7. The largest absolute Gasteiger partial charge is 0.363 e. The van der Waals surface area contributed by atoms with Gasteiger partial charge in [-0.25, -0.2) is 0 Å². The summed E-state index contributed by atoms with van der Waals surface area (Å²) in [5, 5.41) is 0.0258. The lowest BCUT2D eigenvalue weighted by Crippen LogP contribution is -2.58. The van der Waals surface area contributed by atoms with Gasteiger partial charge in [-0.1, -0.05) is 33.6 Å². The van der Waals surface area contributed by atoms with E-state index in [0.717, 1.165) is 44.6 Å². The Kier molecular flexibility index (Phi) is 5.36. The van der Waals surface area contributed by atoms with Crippen molar-refractivity contribution >= 4 is 45.7 Å². The smallest absolute Gasteiger partial charge is 0.125 e. The topological polar surface area (TPSA) is 9.23 Å². The van der Waals surface area contributed by atoms with Gasteiger partial charge in [-0.2, -0.15) is 25.3 Å². The van der Waals surface area contributed by atoms with Crippen LogP contribution in [-0.4, -0.2) is 29.4 Å². The zero-order valence-electron chi connectivity index (χ0n) is 17.3. The van der Waals surface area contributed by atoms with Crippen molar-refractivity contribution < 1.29 is 4.74 Å². The molecule has 0 bridgehead atoms. The van der Waals surface area contributed by atoms with Gasteiger partial charge in [0, 0.05) is 11.9 Å². The molecule has 0 amide bonds. The summed E-state index contributed by atoms with van der Waals surface area (Å²) < 4.78 is 6.31. The number of ether oxygens (including phenoxy) is 1. The predicted octanol–water partition coefficient (Wildman–Crippen LogP) is 6.14. The van der Waals surface area contributed by atoms with Crippen molar-refractivity contribution in [3.63, 3.8) is 0 Å². The maximum absolute atomic E-state index is 7.27. The molecule has 4 fully saturated rings. The Bertz CT molecular complexity index is 596. The lowest BCUT2D eigenvalue weighted by atomic mass is 9.44. The summed E-state index contributed by atoms with van der Waals surface area (Å²) in [6.07, 6.45) is 11.2. The fourth-order valence-corrected chi connectivity index (χ4v) is 8.61. The number of hydrogen-bond acceptors (Lipinski definition) is 4. The maximum atomic E-state index is 7.27. The molecule has 0 aromatic carbocycles. The standard InChI is InChI=1S/C22H37BOS3/c1-4-12-24-22(27)11-10-20(23,19-13-15(2)18(19,3)14-19)17(25)8-9-21(22,26)16-6-5-7-16/h15-17,25-27H,4-14H2,1-3H3. The van der Waals surface area contributed by atoms with E-state index in [2.05, 4.69) is 20.8 Å². The normalized spacial score (nSPS) is 55.6. The summed E-state index contributed by atoms with van der Waals surface area (Å²) in [5.41, 5.74) is 0.718. The first-order valence-corrected chi connectivity index (χ1v) is 12.6. The van der Waals surface area contributed by atoms with Gasteiger partial charge >= 0.3 is 0 Å². The molecular weight excluding hydrogens is 387 g/mol. The minimum atomic E-state index is -0.493. The molecule has 27 heavy (non-hydrogen) atoms. The summed E-state index contributed by atoms with van der Waals surface area (Å²) in [6.45, 7) is 7.77. The Morgan fingerprint density at radius 1 is 1.11 bits per heavy atom. The predicted molar refractivity (Wildman–Crippen MR) is 126 cm³/mol. The van der Waals surface area contributed by atoms with Gasteiger partial charge in [0.05, 0.1) is 12.6 Å². The van der Waals surface area contributed by atoms with Gasteiger partial charge in [0.1, 0.15) is 4.93 Å². The molecule has 0 aliphatic heterocycles. The van der Waals surface area contributed by atoms with Crippen molar-refractivity contribution in [3.05, 3.63) is 0 Å². The molecule has 4 saturated carbocycles. The SMILES string of the molecule is [B]C1(C23CC(C)C2(C)C3)CCC(S)(OCCC)C(S)(C2CCC2)CCC1S. The van der Waals surface area contributed by atoms with Gasteiger partial charge in [0.2, 0.25) is 0 Å². The average molecular weight is 425 g/mol. The summed E-state index contributed by atoms with van der Waals surface area (Å²) >= 11 is 15.7. The van der Waals surface area contributed by atoms with E-state index in [1.54, 1.807) is 0 Å². The van der Waals surface area contributed by atoms with E-state index < -0.39 is 4.93 Å². The highest BCUT2D eigenvalue weighted by Crippen LogP contribution is 2.89. The van der Waals surface area contributed by atoms with Crippen molar-refractivity contribution in [1.29, 1.82) is 0 Å². The number of hydrogen-bond donors (Lipinski definition) is 3. The molecule has 4 rings (SSSR count). The molecule has 0 heterocycles. The first kappa shape index (κ1) is 21.3. The Labute approximate surface area is 184 Å². The molecule has 7 unspecified atom stereocenters. The quantitative estimate of drug-likeness (QED) is 0.273. The minimum absolute atomic E-state index is 0.177. The van der Waals surface area contributed by atoms with E-state index in [0.29, 0.717) is 16.7 Å². The fraction of sp³-hybridized carbons (Fsp3) is 1.00. The van der Waals surface area contributed by atoms with Crippen LogP contribution in [0, 0.1) is 22.7 Å². The van der Waals surface area contributed by atoms with Crippen molar-refractivity contribution in [1.82, 2.24) is 0 Å². The molecule has 7 atom stereocenters. The molecule has 4 aliphatic carbocycles. The summed E-state index contributed by atoms with van der Waals surface area (Å²) in [5.74, 6) is 1.40. The molecule has 5 heteroatoms. The first-order valence-electron chi connectivity index (χ1n) is 11.1. The Morgan fingerprint density at radius 2 is 1.81 bits per heavy atom. The Hall–Kier alpha value is 1.07. The molecule has 1 nitrogen and oxygen atoms in total. The van der Waals surface area contributed by atoms with Crippen LogP contribution in [0.1, 0.15) is 85.0 Å². The van der Waals surface area contributed by atoms with E-state index in [9.17, 15) is 0 Å². The van der Waals surface area contributed by atoms with E-state index in [1.807, 2.05) is 0 Å². The van der Waals surface area contributed by atoms with E-state index in [4.69, 9.17) is 50.5 Å². The van der Waals surface area contributed by atoms with Crippen molar-refractivity contribution in [2.75, 3.05) is 6.61 Å². The van der Waals surface area contributed by atoms with Crippen LogP contribution in [0.4, 0.5) is 0 Å². The number of fused-ring (bicyclic) bond motifs is 1. The zero-order valence-corrected chi connectivity index (χ0v) is 20.0. The van der Waals surface area contributed by atoms with Crippen LogP contribution >= 0.6 is 37.9 Å². The van der Waals surface area contributed by atoms with Gasteiger partial charge in [-0.05, 0) is 79.3 Å². The Balaban J connectivity index is 1.62. The minimum Gasteiger partial charge on any atom is -0.363 e. The van der Waals surface area contributed by atoms with E-state index >= 15 is 0 Å². The first-order chi connectivity index (χ1) is 12.6. The molecular formula is C22H37BOS3. The summed E-state index contributed by atoms with van der Waals surface area (Å²) in [4.78, 5) is -0.493. The Morgan fingerprint density at radius 3 is 2.30 bits per heavy atom. The van der Waals surface area contributed by atoms with Crippen molar-refractivity contribution in [3.8, 4) is 0 Å². The second-order valence-electron chi connectivity index (χ2n) is 10.6. The molecule has 0 aromatic rings. The van der Waals surface area contributed by atoms with Gasteiger partial charge in [-0.3, -0.25) is 0 Å². The monoisotopic (exact) mass is 424 g/mol. The number of rotatable bonds is 5. The van der Waals surface area contributed by atoms with Crippen LogP contribution in [-0.2, 0) is 4.74 Å². The van der Waals surface area contributed by atoms with Gasteiger partial charge in [0.15, 0.2) is 0 Å². The van der Waals surface area contributed by atoms with Crippen LogP contribution in [0.3, 0.4) is 0 Å². The van der Waals surface area contributed by atoms with Crippen molar-refractivity contribution in [2.45, 2.75) is 105 Å². The third-order valence-electron chi connectivity index (χ3n) is 9.54.